The van der Waals surface area contributed by atoms with Crippen molar-refractivity contribution in [3.63, 3.8) is 0 Å². The number of aromatic nitrogens is 4. The Hall–Kier alpha value is -2.60. The van der Waals surface area contributed by atoms with E-state index in [0.29, 0.717) is 9.42 Å². The first-order valence-corrected chi connectivity index (χ1v) is 6.96. The molecule has 25 heavy (non-hydrogen) atoms. The molecule has 3 heterocycles. The molecule has 1 aliphatic heterocycles. The van der Waals surface area contributed by atoms with E-state index in [0.717, 1.165) is 0 Å². The van der Waals surface area contributed by atoms with E-state index in [1.54, 1.807) is 0 Å². The van der Waals surface area contributed by atoms with Gasteiger partial charge in [0.1, 0.15) is 18.4 Å². The maximum atomic E-state index is 12.8. The summed E-state index contributed by atoms with van der Waals surface area (Å²) < 4.78 is 76.0. The fourth-order valence-corrected chi connectivity index (χ4v) is 2.47. The van der Waals surface area contributed by atoms with Crippen molar-refractivity contribution in [2.75, 3.05) is 18.4 Å². The molecule has 1 unspecified atom stereocenters. The minimum Gasteiger partial charge on any atom is -0.357 e. The SMILES string of the molecule is O=C1C(Nc2ccc3nnc(C(F)(F)F)n3n2)CCN1CC(F)(F)F. The Balaban J connectivity index is 1.78. The molecule has 1 saturated heterocycles. The van der Waals surface area contributed by atoms with Gasteiger partial charge in [0.2, 0.25) is 5.91 Å². The fourth-order valence-electron chi connectivity index (χ4n) is 2.47. The molecule has 0 bridgehead atoms. The zero-order valence-electron chi connectivity index (χ0n) is 12.3. The van der Waals surface area contributed by atoms with Crippen LogP contribution in [0, 0.1) is 0 Å². The van der Waals surface area contributed by atoms with Crippen LogP contribution in [0.3, 0.4) is 0 Å². The van der Waals surface area contributed by atoms with Gasteiger partial charge < -0.3 is 10.2 Å². The quantitative estimate of drug-likeness (QED) is 0.835. The van der Waals surface area contributed by atoms with Crippen LogP contribution >= 0.6 is 0 Å². The van der Waals surface area contributed by atoms with Gasteiger partial charge in [0.05, 0.1) is 0 Å². The molecule has 7 nitrogen and oxygen atoms in total. The predicted octanol–water partition coefficient (Wildman–Crippen LogP) is 1.72. The highest BCUT2D eigenvalue weighted by molar-refractivity contribution is 5.86. The van der Waals surface area contributed by atoms with Crippen molar-refractivity contribution in [2.45, 2.75) is 24.8 Å². The van der Waals surface area contributed by atoms with Gasteiger partial charge in [-0.1, -0.05) is 0 Å². The van der Waals surface area contributed by atoms with Crippen LogP contribution in [0.25, 0.3) is 5.65 Å². The Morgan fingerprint density at radius 3 is 2.52 bits per heavy atom. The molecule has 3 rings (SSSR count). The first-order valence-electron chi connectivity index (χ1n) is 6.96. The van der Waals surface area contributed by atoms with Crippen LogP contribution < -0.4 is 5.32 Å². The van der Waals surface area contributed by atoms with Crippen LogP contribution in [-0.4, -0.2) is 55.9 Å². The summed E-state index contributed by atoms with van der Waals surface area (Å²) in [7, 11) is 0. The molecule has 0 spiro atoms. The van der Waals surface area contributed by atoms with Crippen molar-refractivity contribution in [3.05, 3.63) is 18.0 Å². The summed E-state index contributed by atoms with van der Waals surface area (Å²) in [5.41, 5.74) is -0.158. The first kappa shape index (κ1) is 17.2. The third-order valence-corrected chi connectivity index (χ3v) is 3.51. The van der Waals surface area contributed by atoms with E-state index in [-0.39, 0.29) is 24.4 Å². The smallest absolute Gasteiger partial charge is 0.357 e. The standard InChI is InChI=1S/C12H10F6N6O/c13-11(14,15)5-23-4-3-6(9(23)25)19-7-1-2-8-20-21-10(12(16,17)18)24(8)22-7/h1-2,6H,3-5H2,(H,19,22). The van der Waals surface area contributed by atoms with Crippen LogP contribution in [0.1, 0.15) is 12.2 Å². The van der Waals surface area contributed by atoms with Crippen molar-refractivity contribution >= 4 is 17.4 Å². The van der Waals surface area contributed by atoms with E-state index >= 15 is 0 Å². The van der Waals surface area contributed by atoms with Gasteiger partial charge in [-0.3, -0.25) is 4.79 Å². The number of carbonyl (C=O) groups excluding carboxylic acids is 1. The summed E-state index contributed by atoms with van der Waals surface area (Å²) in [5.74, 6) is -2.24. The molecule has 1 atom stereocenters. The second-order valence-corrected chi connectivity index (χ2v) is 5.37. The number of rotatable bonds is 3. The largest absolute Gasteiger partial charge is 0.453 e. The summed E-state index contributed by atoms with van der Waals surface area (Å²) in [5, 5.41) is 12.6. The summed E-state index contributed by atoms with van der Waals surface area (Å²) in [4.78, 5) is 12.6. The van der Waals surface area contributed by atoms with Gasteiger partial charge in [-0.15, -0.1) is 15.3 Å². The summed E-state index contributed by atoms with van der Waals surface area (Å²) in [6.45, 7) is -1.49. The Kier molecular flexibility index (Phi) is 3.95. The summed E-state index contributed by atoms with van der Waals surface area (Å²) in [6, 6.07) is 1.46. The van der Waals surface area contributed by atoms with Crippen LogP contribution in [0.15, 0.2) is 12.1 Å². The number of anilines is 1. The first-order chi connectivity index (χ1) is 11.5. The minimum absolute atomic E-state index is 0.0724. The highest BCUT2D eigenvalue weighted by atomic mass is 19.4. The number of nitrogens with one attached hydrogen (secondary N) is 1. The molecule has 136 valence electrons. The molecule has 1 fully saturated rings. The Morgan fingerprint density at radius 2 is 1.88 bits per heavy atom. The zero-order valence-corrected chi connectivity index (χ0v) is 12.3. The van der Waals surface area contributed by atoms with E-state index in [1.807, 2.05) is 0 Å². The molecule has 0 aromatic carbocycles. The highest BCUT2D eigenvalue weighted by Crippen LogP contribution is 2.28. The van der Waals surface area contributed by atoms with E-state index in [4.69, 9.17) is 0 Å². The second kappa shape index (κ2) is 5.74. The number of hydrogen-bond acceptors (Lipinski definition) is 5. The molecule has 13 heteroatoms. The second-order valence-electron chi connectivity index (χ2n) is 5.37. The van der Waals surface area contributed by atoms with Crippen molar-refractivity contribution in [2.24, 2.45) is 0 Å². The minimum atomic E-state index is -4.78. The maximum absolute atomic E-state index is 12.8. The van der Waals surface area contributed by atoms with Crippen molar-refractivity contribution in [1.29, 1.82) is 0 Å². The van der Waals surface area contributed by atoms with Gasteiger partial charge in [0.25, 0.3) is 5.82 Å². The van der Waals surface area contributed by atoms with Crippen LogP contribution in [-0.2, 0) is 11.0 Å². The topological polar surface area (TPSA) is 75.4 Å². The third kappa shape index (κ3) is 3.58. The predicted molar refractivity (Wildman–Crippen MR) is 70.4 cm³/mol. The van der Waals surface area contributed by atoms with Crippen LogP contribution in [0.2, 0.25) is 0 Å². The lowest BCUT2D eigenvalue weighted by atomic mass is 10.2. The van der Waals surface area contributed by atoms with Gasteiger partial charge in [0.15, 0.2) is 5.65 Å². The monoisotopic (exact) mass is 368 g/mol. The molecule has 0 aliphatic carbocycles. The third-order valence-electron chi connectivity index (χ3n) is 3.51. The number of hydrogen-bond donors (Lipinski definition) is 1. The number of fused-ring (bicyclic) bond motifs is 1. The molecule has 1 N–H and O–H groups in total. The number of amides is 1. The average Bonchev–Trinajstić information content (AvgIpc) is 3.03. The van der Waals surface area contributed by atoms with E-state index < -0.39 is 36.7 Å². The molecule has 2 aromatic rings. The van der Waals surface area contributed by atoms with E-state index in [1.165, 1.54) is 12.1 Å². The average molecular weight is 368 g/mol. The molecule has 1 amide bonds. The van der Waals surface area contributed by atoms with Gasteiger partial charge in [-0.2, -0.15) is 30.9 Å². The molecule has 0 saturated carbocycles. The lowest BCUT2D eigenvalue weighted by Gasteiger charge is -2.18. The van der Waals surface area contributed by atoms with Crippen molar-refractivity contribution in [1.82, 2.24) is 24.7 Å². The zero-order chi connectivity index (χ0) is 18.4. The van der Waals surface area contributed by atoms with E-state index in [9.17, 15) is 31.1 Å². The fraction of sp³-hybridized carbons (Fsp3) is 0.500. The Bertz CT molecular complexity index is 799. The van der Waals surface area contributed by atoms with E-state index in [2.05, 4.69) is 20.6 Å². The van der Waals surface area contributed by atoms with Crippen molar-refractivity contribution in [3.8, 4) is 0 Å². The van der Waals surface area contributed by atoms with Crippen molar-refractivity contribution < 1.29 is 31.1 Å². The molecular formula is C12H10F6N6O. The Morgan fingerprint density at radius 1 is 1.16 bits per heavy atom. The highest BCUT2D eigenvalue weighted by Gasteiger charge is 2.40. The van der Waals surface area contributed by atoms with Gasteiger partial charge in [-0.25, -0.2) is 0 Å². The lowest BCUT2D eigenvalue weighted by molar-refractivity contribution is -0.157. The van der Waals surface area contributed by atoms with Gasteiger partial charge >= 0.3 is 12.4 Å². The lowest BCUT2D eigenvalue weighted by Crippen LogP contribution is -2.39. The van der Waals surface area contributed by atoms with Gasteiger partial charge in [0, 0.05) is 6.54 Å². The molecular weight excluding hydrogens is 358 g/mol. The molecule has 0 radical (unpaired) electrons. The maximum Gasteiger partial charge on any atom is 0.453 e. The Labute approximate surface area is 135 Å². The summed E-state index contributed by atoms with van der Waals surface area (Å²) in [6.07, 6.45) is -9.23. The number of likely N-dealkylation sites (tertiary alicyclic amines) is 1. The number of carbonyl (C=O) groups is 1. The van der Waals surface area contributed by atoms with Crippen LogP contribution in [0.4, 0.5) is 32.2 Å². The number of alkyl halides is 6. The molecule has 1 aliphatic rings. The summed E-state index contributed by atoms with van der Waals surface area (Å²) >= 11 is 0. The number of nitrogens with zero attached hydrogens (tertiary/aromatic N) is 5. The van der Waals surface area contributed by atoms with Gasteiger partial charge in [-0.05, 0) is 18.6 Å². The molecule has 2 aromatic heterocycles. The number of halogens is 6. The normalized spacial score (nSPS) is 19.0. The van der Waals surface area contributed by atoms with Crippen LogP contribution in [0.5, 0.6) is 0 Å².